The standard InChI is InChI=1S/C12H10N4O3S3/c1-7-13-9(6-20-7)3-10-14-15-12(19-10)22-5-8-2-11(16(17)18)21-4-8/h2,4,6H,3,5H2,1H3. The summed E-state index contributed by atoms with van der Waals surface area (Å²) in [5.74, 6) is 1.08. The molecule has 10 heteroatoms. The van der Waals surface area contributed by atoms with Crippen LogP contribution in [0.5, 0.6) is 0 Å². The molecule has 0 aromatic carbocycles. The number of thiazole rings is 1. The van der Waals surface area contributed by atoms with Crippen molar-refractivity contribution in [3.05, 3.63) is 49.1 Å². The Hall–Kier alpha value is -1.78. The van der Waals surface area contributed by atoms with Gasteiger partial charge in [0.25, 0.3) is 5.22 Å². The van der Waals surface area contributed by atoms with Gasteiger partial charge in [0.15, 0.2) is 0 Å². The Morgan fingerprint density at radius 2 is 2.23 bits per heavy atom. The van der Waals surface area contributed by atoms with Crippen molar-refractivity contribution in [3.8, 4) is 0 Å². The van der Waals surface area contributed by atoms with Crippen molar-refractivity contribution in [2.75, 3.05) is 0 Å². The van der Waals surface area contributed by atoms with E-state index in [1.165, 1.54) is 11.8 Å². The number of aromatic nitrogens is 3. The monoisotopic (exact) mass is 354 g/mol. The van der Waals surface area contributed by atoms with Crippen LogP contribution in [0.4, 0.5) is 5.00 Å². The smallest absolute Gasteiger partial charge is 0.324 e. The van der Waals surface area contributed by atoms with Crippen LogP contribution in [0.1, 0.15) is 22.2 Å². The van der Waals surface area contributed by atoms with Crippen molar-refractivity contribution in [2.45, 2.75) is 24.3 Å². The number of hydrogen-bond donors (Lipinski definition) is 0. The third-order valence-corrected chi connectivity index (χ3v) is 5.27. The number of nitrogens with zero attached hydrogens (tertiary/aromatic N) is 4. The normalized spacial score (nSPS) is 11.0. The summed E-state index contributed by atoms with van der Waals surface area (Å²) >= 11 is 4.06. The fraction of sp³-hybridized carbons (Fsp3) is 0.250. The molecular weight excluding hydrogens is 344 g/mol. The van der Waals surface area contributed by atoms with Gasteiger partial charge in [-0.3, -0.25) is 10.1 Å². The maximum absolute atomic E-state index is 10.6. The van der Waals surface area contributed by atoms with Crippen molar-refractivity contribution in [2.24, 2.45) is 0 Å². The van der Waals surface area contributed by atoms with Gasteiger partial charge in [-0.25, -0.2) is 4.98 Å². The van der Waals surface area contributed by atoms with Crippen LogP contribution >= 0.6 is 34.4 Å². The first kappa shape index (κ1) is 15.1. The van der Waals surface area contributed by atoms with E-state index in [0.29, 0.717) is 23.3 Å². The minimum Gasteiger partial charge on any atom is -0.416 e. The van der Waals surface area contributed by atoms with E-state index in [1.807, 2.05) is 12.3 Å². The summed E-state index contributed by atoms with van der Waals surface area (Å²) in [5, 5.41) is 23.9. The quantitative estimate of drug-likeness (QED) is 0.378. The molecule has 0 atom stereocenters. The zero-order valence-corrected chi connectivity index (χ0v) is 13.8. The fourth-order valence-corrected chi connectivity index (χ4v) is 3.85. The van der Waals surface area contributed by atoms with Gasteiger partial charge in [-0.15, -0.1) is 21.5 Å². The molecule has 3 rings (SSSR count). The lowest BCUT2D eigenvalue weighted by atomic mass is 10.3. The Morgan fingerprint density at radius 3 is 2.91 bits per heavy atom. The van der Waals surface area contributed by atoms with Crippen molar-refractivity contribution in [1.82, 2.24) is 15.2 Å². The molecule has 7 nitrogen and oxygen atoms in total. The van der Waals surface area contributed by atoms with Gasteiger partial charge < -0.3 is 4.42 Å². The van der Waals surface area contributed by atoms with Crippen LogP contribution in [0.3, 0.4) is 0 Å². The van der Waals surface area contributed by atoms with E-state index in [4.69, 9.17) is 4.42 Å². The summed E-state index contributed by atoms with van der Waals surface area (Å²) in [7, 11) is 0. The highest BCUT2D eigenvalue weighted by Gasteiger charge is 2.12. The second-order valence-electron chi connectivity index (χ2n) is 4.34. The molecule has 0 saturated heterocycles. The number of hydrogen-bond acceptors (Lipinski definition) is 9. The molecular formula is C12H10N4O3S3. The van der Waals surface area contributed by atoms with Crippen LogP contribution in [0.25, 0.3) is 0 Å². The Balaban J connectivity index is 1.58. The summed E-state index contributed by atoms with van der Waals surface area (Å²) in [6.07, 6.45) is 0.516. The van der Waals surface area contributed by atoms with Crippen molar-refractivity contribution in [3.63, 3.8) is 0 Å². The fourth-order valence-electron chi connectivity index (χ4n) is 1.69. The molecule has 22 heavy (non-hydrogen) atoms. The van der Waals surface area contributed by atoms with E-state index in [0.717, 1.165) is 27.6 Å². The van der Waals surface area contributed by atoms with Crippen LogP contribution in [-0.4, -0.2) is 20.1 Å². The maximum atomic E-state index is 10.6. The topological polar surface area (TPSA) is 95.0 Å². The first-order chi connectivity index (χ1) is 10.6. The molecule has 0 radical (unpaired) electrons. The van der Waals surface area contributed by atoms with E-state index < -0.39 is 0 Å². The van der Waals surface area contributed by atoms with Crippen LogP contribution in [-0.2, 0) is 12.2 Å². The molecule has 0 amide bonds. The Labute approximate surface area is 137 Å². The maximum Gasteiger partial charge on any atom is 0.324 e. The largest absolute Gasteiger partial charge is 0.416 e. The molecule has 0 aliphatic heterocycles. The molecule has 0 bridgehead atoms. The zero-order valence-electron chi connectivity index (χ0n) is 11.4. The first-order valence-electron chi connectivity index (χ1n) is 6.18. The number of thiophene rings is 1. The zero-order chi connectivity index (χ0) is 15.5. The van der Waals surface area contributed by atoms with Gasteiger partial charge in [0.05, 0.1) is 22.0 Å². The van der Waals surface area contributed by atoms with E-state index in [-0.39, 0.29) is 9.92 Å². The van der Waals surface area contributed by atoms with Gasteiger partial charge in [-0.1, -0.05) is 23.1 Å². The Morgan fingerprint density at radius 1 is 1.36 bits per heavy atom. The summed E-state index contributed by atoms with van der Waals surface area (Å²) in [5.41, 5.74) is 1.78. The first-order valence-corrected chi connectivity index (χ1v) is 8.92. The van der Waals surface area contributed by atoms with E-state index in [2.05, 4.69) is 15.2 Å². The van der Waals surface area contributed by atoms with Gasteiger partial charge in [-0.05, 0) is 12.5 Å². The van der Waals surface area contributed by atoms with Crippen molar-refractivity contribution < 1.29 is 9.34 Å². The average Bonchev–Trinajstić information content (AvgIpc) is 3.18. The lowest BCUT2D eigenvalue weighted by Crippen LogP contribution is -1.88. The molecule has 0 unspecified atom stereocenters. The van der Waals surface area contributed by atoms with Crippen LogP contribution in [0.15, 0.2) is 26.5 Å². The summed E-state index contributed by atoms with van der Waals surface area (Å²) in [6, 6.07) is 1.56. The molecule has 0 saturated carbocycles. The van der Waals surface area contributed by atoms with E-state index in [1.54, 1.807) is 22.8 Å². The van der Waals surface area contributed by atoms with Gasteiger partial charge in [0, 0.05) is 22.6 Å². The van der Waals surface area contributed by atoms with Crippen molar-refractivity contribution in [1.29, 1.82) is 0 Å². The highest BCUT2D eigenvalue weighted by Crippen LogP contribution is 2.28. The van der Waals surface area contributed by atoms with E-state index in [9.17, 15) is 10.1 Å². The van der Waals surface area contributed by atoms with Gasteiger partial charge in [0.1, 0.15) is 0 Å². The number of aryl methyl sites for hydroxylation is 1. The Bertz CT molecular complexity index is 795. The molecule has 0 spiro atoms. The van der Waals surface area contributed by atoms with Gasteiger partial charge in [0.2, 0.25) is 5.89 Å². The lowest BCUT2D eigenvalue weighted by molar-refractivity contribution is -0.380. The van der Waals surface area contributed by atoms with Crippen LogP contribution in [0.2, 0.25) is 0 Å². The number of rotatable bonds is 6. The molecule has 0 aliphatic rings. The third kappa shape index (κ3) is 3.70. The van der Waals surface area contributed by atoms with Crippen LogP contribution in [0, 0.1) is 17.0 Å². The summed E-state index contributed by atoms with van der Waals surface area (Å²) in [4.78, 5) is 14.6. The highest BCUT2D eigenvalue weighted by molar-refractivity contribution is 7.98. The molecule has 0 fully saturated rings. The van der Waals surface area contributed by atoms with Crippen LogP contribution < -0.4 is 0 Å². The highest BCUT2D eigenvalue weighted by atomic mass is 32.2. The lowest BCUT2D eigenvalue weighted by Gasteiger charge is -1.92. The second kappa shape index (κ2) is 6.55. The number of nitro groups is 1. The molecule has 3 aromatic heterocycles. The van der Waals surface area contributed by atoms with Gasteiger partial charge in [-0.2, -0.15) is 0 Å². The summed E-state index contributed by atoms with van der Waals surface area (Å²) in [6.45, 7) is 1.95. The minimum atomic E-state index is -0.389. The molecule has 3 heterocycles. The predicted molar refractivity (Wildman–Crippen MR) is 84.5 cm³/mol. The van der Waals surface area contributed by atoms with Crippen molar-refractivity contribution >= 4 is 39.4 Å². The number of thioether (sulfide) groups is 1. The molecule has 0 N–H and O–H groups in total. The molecule has 114 valence electrons. The summed E-state index contributed by atoms with van der Waals surface area (Å²) < 4.78 is 5.55. The second-order valence-corrected chi connectivity index (χ2v) is 7.21. The van der Waals surface area contributed by atoms with Gasteiger partial charge >= 0.3 is 5.00 Å². The predicted octanol–water partition coefficient (Wildman–Crippen LogP) is 3.69. The molecule has 3 aromatic rings. The average molecular weight is 354 g/mol. The molecule has 0 aliphatic carbocycles. The minimum absolute atomic E-state index is 0.140. The third-order valence-electron chi connectivity index (χ3n) is 2.63. The Kier molecular flexibility index (Phi) is 4.50. The van der Waals surface area contributed by atoms with E-state index >= 15 is 0 Å². The SMILES string of the molecule is Cc1nc(Cc2nnc(SCc3csc([N+](=O)[O-])c3)o2)cs1.